The highest BCUT2D eigenvalue weighted by atomic mass is 16.2. The lowest BCUT2D eigenvalue weighted by molar-refractivity contribution is -0.121. The molecular formula is C16H26N4O2. The summed E-state index contributed by atoms with van der Waals surface area (Å²) in [5, 5.41) is 5.44. The van der Waals surface area contributed by atoms with E-state index in [1.807, 2.05) is 43.3 Å². The minimum Gasteiger partial charge on any atom is -0.378 e. The quantitative estimate of drug-likeness (QED) is 0.606. The number of anilines is 1. The van der Waals surface area contributed by atoms with Crippen LogP contribution in [0.25, 0.3) is 0 Å². The second-order valence-corrected chi connectivity index (χ2v) is 5.44. The van der Waals surface area contributed by atoms with E-state index in [2.05, 4.69) is 10.6 Å². The number of benzene rings is 1. The van der Waals surface area contributed by atoms with Gasteiger partial charge in [0.05, 0.1) is 0 Å². The van der Waals surface area contributed by atoms with E-state index in [4.69, 9.17) is 5.73 Å². The molecule has 0 aliphatic heterocycles. The molecule has 0 aliphatic rings. The highest BCUT2D eigenvalue weighted by molar-refractivity contribution is 5.75. The number of urea groups is 1. The SMILES string of the molecule is CN(C)c1ccc(CNC(=O)CCCCCNC(N)=O)cc1. The molecule has 0 bridgehead atoms. The molecule has 0 heterocycles. The molecule has 0 spiro atoms. The Kier molecular flexibility index (Phi) is 7.81. The van der Waals surface area contributed by atoms with E-state index in [1.54, 1.807) is 0 Å². The Balaban J connectivity index is 2.13. The van der Waals surface area contributed by atoms with Crippen molar-refractivity contribution in [1.29, 1.82) is 0 Å². The van der Waals surface area contributed by atoms with Gasteiger partial charge in [0.1, 0.15) is 0 Å². The van der Waals surface area contributed by atoms with E-state index < -0.39 is 6.03 Å². The normalized spacial score (nSPS) is 10.1. The molecular weight excluding hydrogens is 280 g/mol. The zero-order valence-electron chi connectivity index (χ0n) is 13.4. The van der Waals surface area contributed by atoms with Crippen LogP contribution < -0.4 is 21.3 Å². The van der Waals surface area contributed by atoms with Crippen molar-refractivity contribution in [3.05, 3.63) is 29.8 Å². The first-order valence-electron chi connectivity index (χ1n) is 7.55. The first-order chi connectivity index (χ1) is 10.5. The summed E-state index contributed by atoms with van der Waals surface area (Å²) in [5.41, 5.74) is 7.19. The molecule has 0 aliphatic carbocycles. The van der Waals surface area contributed by atoms with Gasteiger partial charge in [-0.1, -0.05) is 18.6 Å². The number of unbranched alkanes of at least 4 members (excludes halogenated alkanes) is 2. The van der Waals surface area contributed by atoms with Gasteiger partial charge in [-0.3, -0.25) is 4.79 Å². The summed E-state index contributed by atoms with van der Waals surface area (Å²) in [6.07, 6.45) is 3.05. The molecule has 1 aromatic carbocycles. The maximum absolute atomic E-state index is 11.7. The summed E-state index contributed by atoms with van der Waals surface area (Å²) in [6.45, 7) is 1.12. The van der Waals surface area contributed by atoms with Crippen LogP contribution >= 0.6 is 0 Å². The van der Waals surface area contributed by atoms with E-state index in [9.17, 15) is 9.59 Å². The Morgan fingerprint density at radius 2 is 1.73 bits per heavy atom. The molecule has 122 valence electrons. The first kappa shape index (κ1) is 17.8. The van der Waals surface area contributed by atoms with Crippen LogP contribution in [0.15, 0.2) is 24.3 Å². The number of nitrogens with one attached hydrogen (secondary N) is 2. The lowest BCUT2D eigenvalue weighted by Crippen LogP contribution is -2.30. The summed E-state index contributed by atoms with van der Waals surface area (Å²) in [4.78, 5) is 24.2. The van der Waals surface area contributed by atoms with Gasteiger partial charge in [0.25, 0.3) is 0 Å². The lowest BCUT2D eigenvalue weighted by atomic mass is 10.1. The number of nitrogens with two attached hydrogens (primary N) is 1. The van der Waals surface area contributed by atoms with Crippen molar-refractivity contribution in [2.45, 2.75) is 32.2 Å². The molecule has 0 atom stereocenters. The van der Waals surface area contributed by atoms with Crippen LogP contribution in [0.1, 0.15) is 31.2 Å². The number of carbonyl (C=O) groups excluding carboxylic acids is 2. The highest BCUT2D eigenvalue weighted by Gasteiger charge is 2.02. The van der Waals surface area contributed by atoms with Gasteiger partial charge in [-0.15, -0.1) is 0 Å². The Morgan fingerprint density at radius 1 is 1.05 bits per heavy atom. The number of carbonyl (C=O) groups is 2. The van der Waals surface area contributed by atoms with E-state index in [-0.39, 0.29) is 5.91 Å². The van der Waals surface area contributed by atoms with Gasteiger partial charge < -0.3 is 21.3 Å². The number of nitrogens with zero attached hydrogens (tertiary/aromatic N) is 1. The fraction of sp³-hybridized carbons (Fsp3) is 0.500. The number of amides is 3. The molecule has 6 nitrogen and oxygen atoms in total. The summed E-state index contributed by atoms with van der Waals surface area (Å²) >= 11 is 0. The van der Waals surface area contributed by atoms with Crippen molar-refractivity contribution >= 4 is 17.6 Å². The second kappa shape index (κ2) is 9.65. The average Bonchev–Trinajstić information content (AvgIpc) is 2.48. The highest BCUT2D eigenvalue weighted by Crippen LogP contribution is 2.12. The lowest BCUT2D eigenvalue weighted by Gasteiger charge is -2.13. The largest absolute Gasteiger partial charge is 0.378 e. The topological polar surface area (TPSA) is 87.5 Å². The van der Waals surface area contributed by atoms with Crippen LogP contribution in [0.3, 0.4) is 0 Å². The molecule has 1 aromatic rings. The van der Waals surface area contributed by atoms with E-state index in [0.29, 0.717) is 19.5 Å². The van der Waals surface area contributed by atoms with E-state index >= 15 is 0 Å². The third-order valence-corrected chi connectivity index (χ3v) is 3.32. The van der Waals surface area contributed by atoms with E-state index in [1.165, 1.54) is 0 Å². The molecule has 6 heteroatoms. The van der Waals surface area contributed by atoms with Crippen LogP contribution in [0, 0.1) is 0 Å². The predicted octanol–water partition coefficient (Wildman–Crippen LogP) is 1.60. The first-order valence-corrected chi connectivity index (χ1v) is 7.55. The van der Waals surface area contributed by atoms with Gasteiger partial charge in [0.2, 0.25) is 5.91 Å². The summed E-state index contributed by atoms with van der Waals surface area (Å²) in [5.74, 6) is 0.0551. The third-order valence-electron chi connectivity index (χ3n) is 3.32. The molecule has 0 radical (unpaired) electrons. The zero-order valence-corrected chi connectivity index (χ0v) is 13.4. The van der Waals surface area contributed by atoms with Crippen molar-refractivity contribution in [2.24, 2.45) is 5.73 Å². The van der Waals surface area contributed by atoms with Crippen LogP contribution in [-0.4, -0.2) is 32.6 Å². The Bertz CT molecular complexity index is 472. The standard InChI is InChI=1S/C16H26N4O2/c1-20(2)14-9-7-13(8-10-14)12-19-15(21)6-4-3-5-11-18-16(17)22/h7-10H,3-6,11-12H2,1-2H3,(H,19,21)(H3,17,18,22). The van der Waals surface area contributed by atoms with Gasteiger partial charge >= 0.3 is 6.03 Å². The molecule has 0 saturated heterocycles. The van der Waals surface area contributed by atoms with Crippen molar-refractivity contribution in [1.82, 2.24) is 10.6 Å². The van der Waals surface area contributed by atoms with Crippen LogP contribution in [0.5, 0.6) is 0 Å². The Labute approximate surface area is 132 Å². The van der Waals surface area contributed by atoms with Gasteiger partial charge in [0.15, 0.2) is 0 Å². The van der Waals surface area contributed by atoms with Gasteiger partial charge in [-0.05, 0) is 30.5 Å². The summed E-state index contributed by atoms with van der Waals surface area (Å²) in [7, 11) is 3.99. The molecule has 1 rings (SSSR count). The van der Waals surface area contributed by atoms with Crippen LogP contribution in [0.4, 0.5) is 10.5 Å². The summed E-state index contributed by atoms with van der Waals surface area (Å²) in [6, 6.07) is 7.61. The third kappa shape index (κ3) is 7.52. The van der Waals surface area contributed by atoms with Gasteiger partial charge in [0, 0.05) is 39.3 Å². The minimum atomic E-state index is -0.502. The number of primary amides is 1. The number of rotatable bonds is 9. The monoisotopic (exact) mass is 306 g/mol. The molecule has 0 saturated carbocycles. The summed E-state index contributed by atoms with van der Waals surface area (Å²) < 4.78 is 0. The fourth-order valence-electron chi connectivity index (χ4n) is 2.00. The minimum absolute atomic E-state index is 0.0551. The van der Waals surface area contributed by atoms with Gasteiger partial charge in [-0.2, -0.15) is 0 Å². The van der Waals surface area contributed by atoms with Crippen molar-refractivity contribution in [3.8, 4) is 0 Å². The van der Waals surface area contributed by atoms with Crippen molar-refractivity contribution in [3.63, 3.8) is 0 Å². The Hall–Kier alpha value is -2.24. The molecule has 22 heavy (non-hydrogen) atoms. The fourth-order valence-corrected chi connectivity index (χ4v) is 2.00. The predicted molar refractivity (Wildman–Crippen MR) is 88.7 cm³/mol. The number of hydrogen-bond donors (Lipinski definition) is 3. The second-order valence-electron chi connectivity index (χ2n) is 5.44. The average molecular weight is 306 g/mol. The van der Waals surface area contributed by atoms with Crippen LogP contribution in [-0.2, 0) is 11.3 Å². The number of hydrogen-bond acceptors (Lipinski definition) is 3. The maximum Gasteiger partial charge on any atom is 0.312 e. The smallest absolute Gasteiger partial charge is 0.312 e. The molecule has 0 aromatic heterocycles. The zero-order chi connectivity index (χ0) is 16.4. The molecule has 3 amide bonds. The van der Waals surface area contributed by atoms with E-state index in [0.717, 1.165) is 30.5 Å². The Morgan fingerprint density at radius 3 is 2.32 bits per heavy atom. The van der Waals surface area contributed by atoms with Gasteiger partial charge in [-0.25, -0.2) is 4.79 Å². The van der Waals surface area contributed by atoms with Crippen LogP contribution in [0.2, 0.25) is 0 Å². The molecule has 4 N–H and O–H groups in total. The maximum atomic E-state index is 11.7. The van der Waals surface area contributed by atoms with Crippen molar-refractivity contribution < 1.29 is 9.59 Å². The van der Waals surface area contributed by atoms with Crippen molar-refractivity contribution in [2.75, 3.05) is 25.5 Å². The molecule has 0 unspecified atom stereocenters. The molecule has 0 fully saturated rings.